The third-order valence-electron chi connectivity index (χ3n) is 4.97. The predicted molar refractivity (Wildman–Crippen MR) is 119 cm³/mol. The second-order valence-corrected chi connectivity index (χ2v) is 7.55. The van der Waals surface area contributed by atoms with Gasteiger partial charge in [-0.15, -0.1) is 10.2 Å². The van der Waals surface area contributed by atoms with Crippen LogP contribution in [0.4, 0.5) is 10.2 Å². The van der Waals surface area contributed by atoms with Crippen molar-refractivity contribution >= 4 is 5.82 Å². The number of nitrogens with zero attached hydrogens (tertiary/aromatic N) is 4. The molecule has 0 aliphatic carbocycles. The summed E-state index contributed by atoms with van der Waals surface area (Å²) in [6.07, 6.45) is 1.57. The van der Waals surface area contributed by atoms with Gasteiger partial charge in [0.15, 0.2) is 11.5 Å². The van der Waals surface area contributed by atoms with Crippen molar-refractivity contribution in [2.45, 2.75) is 26.4 Å². The molecule has 0 fully saturated rings. The van der Waals surface area contributed by atoms with Crippen molar-refractivity contribution in [2.24, 2.45) is 0 Å². The Morgan fingerprint density at radius 2 is 1.88 bits per heavy atom. The van der Waals surface area contributed by atoms with Crippen LogP contribution in [0.3, 0.4) is 0 Å². The molecule has 0 saturated carbocycles. The standard InChI is InChI=1S/C23H23FN6O2/c1-13-3-6-16(7-4-13)19-11-27-21(25)20(28-19)23-30-29-22(32-23)17-8-5-15(9-18(17)24)10-26-14(2)12-31/h3-9,11,14,26,31H,10,12H2,1-2H3,(H2,25,27). The summed E-state index contributed by atoms with van der Waals surface area (Å²) in [7, 11) is 0. The summed E-state index contributed by atoms with van der Waals surface area (Å²) in [6.45, 7) is 4.27. The van der Waals surface area contributed by atoms with Gasteiger partial charge >= 0.3 is 0 Å². The van der Waals surface area contributed by atoms with E-state index >= 15 is 0 Å². The molecule has 0 aliphatic heterocycles. The normalized spacial score (nSPS) is 12.1. The van der Waals surface area contributed by atoms with Crippen molar-refractivity contribution in [1.82, 2.24) is 25.5 Å². The molecule has 0 amide bonds. The van der Waals surface area contributed by atoms with Crippen LogP contribution in [0, 0.1) is 12.7 Å². The number of nitrogens with one attached hydrogen (secondary N) is 1. The fraction of sp³-hybridized carbons (Fsp3) is 0.217. The van der Waals surface area contributed by atoms with Crippen LogP contribution < -0.4 is 11.1 Å². The number of anilines is 1. The summed E-state index contributed by atoms with van der Waals surface area (Å²) in [6, 6.07) is 12.5. The molecule has 4 aromatic rings. The quantitative estimate of drug-likeness (QED) is 0.405. The van der Waals surface area contributed by atoms with Crippen molar-refractivity contribution in [3.05, 3.63) is 65.6 Å². The third kappa shape index (κ3) is 4.63. The average molecular weight is 434 g/mol. The van der Waals surface area contributed by atoms with Crippen molar-refractivity contribution in [2.75, 3.05) is 12.3 Å². The van der Waals surface area contributed by atoms with E-state index in [0.717, 1.165) is 16.7 Å². The van der Waals surface area contributed by atoms with E-state index < -0.39 is 5.82 Å². The zero-order valence-electron chi connectivity index (χ0n) is 17.7. The molecule has 164 valence electrons. The second kappa shape index (κ2) is 9.21. The van der Waals surface area contributed by atoms with E-state index in [4.69, 9.17) is 15.3 Å². The highest BCUT2D eigenvalue weighted by atomic mass is 19.1. The van der Waals surface area contributed by atoms with Gasteiger partial charge in [0.1, 0.15) is 5.82 Å². The van der Waals surface area contributed by atoms with E-state index in [1.807, 2.05) is 38.1 Å². The van der Waals surface area contributed by atoms with Crippen molar-refractivity contribution < 1.29 is 13.9 Å². The summed E-state index contributed by atoms with van der Waals surface area (Å²) in [5, 5.41) is 20.1. The Labute approximate surface area is 184 Å². The molecular weight excluding hydrogens is 411 g/mol. The lowest BCUT2D eigenvalue weighted by atomic mass is 10.1. The molecule has 32 heavy (non-hydrogen) atoms. The number of aliphatic hydroxyl groups is 1. The lowest BCUT2D eigenvalue weighted by molar-refractivity contribution is 0.251. The molecular formula is C23H23FN6O2. The van der Waals surface area contributed by atoms with Crippen LogP contribution in [0.25, 0.3) is 34.3 Å². The molecule has 2 aromatic carbocycles. The van der Waals surface area contributed by atoms with Gasteiger partial charge < -0.3 is 20.6 Å². The molecule has 0 radical (unpaired) electrons. The van der Waals surface area contributed by atoms with Crippen LogP contribution in [0.1, 0.15) is 18.1 Å². The van der Waals surface area contributed by atoms with Crippen LogP contribution in [-0.4, -0.2) is 37.9 Å². The molecule has 4 N–H and O–H groups in total. The van der Waals surface area contributed by atoms with Gasteiger partial charge in [0.2, 0.25) is 0 Å². The molecule has 0 spiro atoms. The number of nitrogen functional groups attached to an aromatic ring is 1. The number of hydrogen-bond donors (Lipinski definition) is 3. The molecule has 0 bridgehead atoms. The van der Waals surface area contributed by atoms with Gasteiger partial charge in [0.05, 0.1) is 24.1 Å². The van der Waals surface area contributed by atoms with E-state index in [1.54, 1.807) is 18.3 Å². The highest BCUT2D eigenvalue weighted by Crippen LogP contribution is 2.29. The van der Waals surface area contributed by atoms with Crippen molar-refractivity contribution in [3.8, 4) is 34.3 Å². The minimum Gasteiger partial charge on any atom is -0.414 e. The zero-order valence-corrected chi connectivity index (χ0v) is 17.7. The number of aryl methyl sites for hydroxylation is 1. The molecule has 8 nitrogen and oxygen atoms in total. The summed E-state index contributed by atoms with van der Waals surface area (Å²) in [5.41, 5.74) is 9.73. The van der Waals surface area contributed by atoms with Crippen LogP contribution in [0.2, 0.25) is 0 Å². The SMILES string of the molecule is Cc1ccc(-c2cnc(N)c(-c3nnc(-c4ccc(CNC(C)CO)cc4F)o3)n2)cc1. The van der Waals surface area contributed by atoms with Crippen LogP contribution >= 0.6 is 0 Å². The molecule has 2 heterocycles. The van der Waals surface area contributed by atoms with Gasteiger partial charge in [0, 0.05) is 18.2 Å². The summed E-state index contributed by atoms with van der Waals surface area (Å²) in [4.78, 5) is 8.72. The van der Waals surface area contributed by atoms with Crippen LogP contribution in [0.15, 0.2) is 53.1 Å². The van der Waals surface area contributed by atoms with E-state index in [9.17, 15) is 4.39 Å². The maximum atomic E-state index is 14.7. The average Bonchev–Trinajstić information content (AvgIpc) is 3.28. The highest BCUT2D eigenvalue weighted by molar-refractivity contribution is 5.69. The third-order valence-corrected chi connectivity index (χ3v) is 4.97. The topological polar surface area (TPSA) is 123 Å². The molecule has 4 rings (SSSR count). The fourth-order valence-corrected chi connectivity index (χ4v) is 3.05. The largest absolute Gasteiger partial charge is 0.414 e. The lowest BCUT2D eigenvalue weighted by Gasteiger charge is -2.10. The van der Waals surface area contributed by atoms with Gasteiger partial charge in [-0.05, 0) is 31.5 Å². The minimum atomic E-state index is -0.497. The van der Waals surface area contributed by atoms with Crippen LogP contribution in [0.5, 0.6) is 0 Å². The van der Waals surface area contributed by atoms with E-state index in [1.165, 1.54) is 6.07 Å². The van der Waals surface area contributed by atoms with Gasteiger partial charge in [0.25, 0.3) is 11.8 Å². The Kier molecular flexibility index (Phi) is 6.20. The summed E-state index contributed by atoms with van der Waals surface area (Å²) >= 11 is 0. The minimum absolute atomic E-state index is 0.00245. The van der Waals surface area contributed by atoms with Crippen LogP contribution in [-0.2, 0) is 6.54 Å². The summed E-state index contributed by atoms with van der Waals surface area (Å²) < 4.78 is 20.4. The Hall–Kier alpha value is -3.69. The highest BCUT2D eigenvalue weighted by Gasteiger charge is 2.19. The summed E-state index contributed by atoms with van der Waals surface area (Å²) in [5.74, 6) is -0.289. The predicted octanol–water partition coefficient (Wildman–Crippen LogP) is 3.36. The second-order valence-electron chi connectivity index (χ2n) is 7.55. The first-order chi connectivity index (χ1) is 15.4. The monoisotopic (exact) mass is 434 g/mol. The first kappa shape index (κ1) is 21.5. The number of hydrogen-bond acceptors (Lipinski definition) is 8. The van der Waals surface area contributed by atoms with Gasteiger partial charge in [-0.2, -0.15) is 0 Å². The zero-order chi connectivity index (χ0) is 22.7. The van der Waals surface area contributed by atoms with E-state index in [-0.39, 0.29) is 41.5 Å². The van der Waals surface area contributed by atoms with Crippen molar-refractivity contribution in [1.29, 1.82) is 0 Å². The Balaban J connectivity index is 1.60. The Morgan fingerprint density at radius 3 is 2.59 bits per heavy atom. The van der Waals surface area contributed by atoms with Gasteiger partial charge in [-0.3, -0.25) is 0 Å². The molecule has 1 atom stereocenters. The molecule has 0 aliphatic rings. The first-order valence-corrected chi connectivity index (χ1v) is 10.1. The number of halogens is 1. The maximum absolute atomic E-state index is 14.7. The number of aliphatic hydroxyl groups excluding tert-OH is 1. The number of rotatable bonds is 7. The van der Waals surface area contributed by atoms with Gasteiger partial charge in [-0.25, -0.2) is 14.4 Å². The van der Waals surface area contributed by atoms with E-state index in [2.05, 4.69) is 25.5 Å². The number of aromatic nitrogens is 4. The van der Waals surface area contributed by atoms with Gasteiger partial charge in [-0.1, -0.05) is 35.9 Å². The molecule has 9 heteroatoms. The number of benzene rings is 2. The first-order valence-electron chi connectivity index (χ1n) is 10.1. The Morgan fingerprint density at radius 1 is 1.12 bits per heavy atom. The lowest BCUT2D eigenvalue weighted by Crippen LogP contribution is -2.28. The van der Waals surface area contributed by atoms with E-state index in [0.29, 0.717) is 12.2 Å². The maximum Gasteiger partial charge on any atom is 0.270 e. The van der Waals surface area contributed by atoms with Crippen molar-refractivity contribution in [3.63, 3.8) is 0 Å². The molecule has 1 unspecified atom stereocenters. The Bertz CT molecular complexity index is 1230. The molecule has 2 aromatic heterocycles. The fourth-order valence-electron chi connectivity index (χ4n) is 3.05. The molecule has 0 saturated heterocycles. The number of nitrogens with two attached hydrogens (primary N) is 1. The smallest absolute Gasteiger partial charge is 0.270 e.